The largest absolute Gasteiger partial charge is 0.507 e. The average Bonchev–Trinajstić information content (AvgIpc) is 3.36. The van der Waals surface area contributed by atoms with Crippen LogP contribution in [-0.4, -0.2) is 37.2 Å². The number of amides is 1. The summed E-state index contributed by atoms with van der Waals surface area (Å²) in [5.74, 6) is 0.477. The number of carbonyl (C=O) groups excluding carboxylic acids is 1. The SMILES string of the molecule is Cc1cc(Cl)ccc1NCc1nnc(S[C@H](C)C(=O)N/N=C\c2c(O)ccc3ccccc23)n1-c1ccccc1. The molecule has 1 atom stereocenters. The zero-order valence-corrected chi connectivity index (χ0v) is 23.4. The summed E-state index contributed by atoms with van der Waals surface area (Å²) in [6.45, 7) is 4.19. The fraction of sp³-hybridized carbons (Fsp3) is 0.133. The highest BCUT2D eigenvalue weighted by atomic mass is 35.5. The summed E-state index contributed by atoms with van der Waals surface area (Å²) in [6.07, 6.45) is 1.46. The van der Waals surface area contributed by atoms with Crippen molar-refractivity contribution < 1.29 is 9.90 Å². The molecule has 40 heavy (non-hydrogen) atoms. The maximum absolute atomic E-state index is 12.9. The van der Waals surface area contributed by atoms with Gasteiger partial charge in [-0.3, -0.25) is 9.36 Å². The third-order valence-corrected chi connectivity index (χ3v) is 7.59. The second-order valence-electron chi connectivity index (χ2n) is 9.10. The van der Waals surface area contributed by atoms with E-state index in [4.69, 9.17) is 11.6 Å². The average molecular weight is 571 g/mol. The number of nitrogens with one attached hydrogen (secondary N) is 2. The smallest absolute Gasteiger partial charge is 0.253 e. The number of aromatic hydroxyl groups is 1. The molecule has 8 nitrogen and oxygen atoms in total. The van der Waals surface area contributed by atoms with E-state index in [1.165, 1.54) is 18.0 Å². The minimum Gasteiger partial charge on any atom is -0.507 e. The fourth-order valence-electron chi connectivity index (χ4n) is 4.21. The van der Waals surface area contributed by atoms with Gasteiger partial charge in [-0.1, -0.05) is 71.9 Å². The van der Waals surface area contributed by atoms with E-state index in [-0.39, 0.29) is 11.7 Å². The molecule has 1 aromatic heterocycles. The van der Waals surface area contributed by atoms with Crippen LogP contribution in [0.3, 0.4) is 0 Å². The van der Waals surface area contributed by atoms with Crippen molar-refractivity contribution in [1.29, 1.82) is 0 Å². The number of nitrogens with zero attached hydrogens (tertiary/aromatic N) is 4. The standard InChI is InChI=1S/C30H27ClN6O2S/c1-19-16-22(31)13-14-26(19)32-18-28-34-36-30(37(28)23-9-4-3-5-10-23)40-20(2)29(39)35-33-17-25-24-11-7-6-8-21(24)12-15-27(25)38/h3-17,20,32,38H,18H2,1-2H3,(H,35,39)/b33-17-/t20-/m1/s1. The van der Waals surface area contributed by atoms with Gasteiger partial charge in [0, 0.05) is 22.0 Å². The Bertz CT molecular complexity index is 1690. The van der Waals surface area contributed by atoms with Gasteiger partial charge < -0.3 is 10.4 Å². The Balaban J connectivity index is 1.32. The molecule has 5 aromatic rings. The van der Waals surface area contributed by atoms with E-state index < -0.39 is 5.25 Å². The number of carbonyl (C=O) groups is 1. The van der Waals surface area contributed by atoms with Crippen LogP contribution < -0.4 is 10.7 Å². The first-order valence-electron chi connectivity index (χ1n) is 12.6. The zero-order chi connectivity index (χ0) is 28.1. The molecule has 1 heterocycles. The molecule has 0 spiro atoms. The fourth-order valence-corrected chi connectivity index (χ4v) is 5.32. The van der Waals surface area contributed by atoms with E-state index in [1.54, 1.807) is 13.0 Å². The van der Waals surface area contributed by atoms with E-state index in [0.717, 1.165) is 27.7 Å². The molecular formula is C30H27ClN6O2S. The molecule has 0 aliphatic heterocycles. The van der Waals surface area contributed by atoms with Gasteiger partial charge in [0.05, 0.1) is 18.0 Å². The van der Waals surface area contributed by atoms with E-state index in [9.17, 15) is 9.90 Å². The predicted octanol–water partition coefficient (Wildman–Crippen LogP) is 6.33. The highest BCUT2D eigenvalue weighted by Crippen LogP contribution is 2.28. The quantitative estimate of drug-likeness (QED) is 0.109. The topological polar surface area (TPSA) is 104 Å². The second kappa shape index (κ2) is 12.2. The Kier molecular flexibility index (Phi) is 8.33. The molecule has 10 heteroatoms. The number of thioether (sulfide) groups is 1. The number of phenolic OH excluding ortho intramolecular Hbond substituents is 1. The molecule has 0 radical (unpaired) electrons. The number of aryl methyl sites for hydroxylation is 1. The maximum Gasteiger partial charge on any atom is 0.253 e. The van der Waals surface area contributed by atoms with Crippen molar-refractivity contribution in [2.75, 3.05) is 5.32 Å². The number of rotatable bonds is 9. The van der Waals surface area contributed by atoms with Crippen molar-refractivity contribution in [1.82, 2.24) is 20.2 Å². The molecule has 0 saturated carbocycles. The molecule has 5 rings (SSSR count). The summed E-state index contributed by atoms with van der Waals surface area (Å²) in [6, 6.07) is 26.5. The molecular weight excluding hydrogens is 544 g/mol. The Morgan fingerprint density at radius 3 is 2.65 bits per heavy atom. The maximum atomic E-state index is 12.9. The van der Waals surface area contributed by atoms with E-state index in [1.807, 2.05) is 90.4 Å². The van der Waals surface area contributed by atoms with Gasteiger partial charge in [-0.05, 0) is 66.6 Å². The Morgan fingerprint density at radius 2 is 1.85 bits per heavy atom. The van der Waals surface area contributed by atoms with Gasteiger partial charge in [0.2, 0.25) is 0 Å². The van der Waals surface area contributed by atoms with Crippen molar-refractivity contribution in [3.8, 4) is 11.4 Å². The second-order valence-corrected chi connectivity index (χ2v) is 10.8. The highest BCUT2D eigenvalue weighted by Gasteiger charge is 2.21. The molecule has 0 aliphatic rings. The summed E-state index contributed by atoms with van der Waals surface area (Å²) >= 11 is 7.38. The monoisotopic (exact) mass is 570 g/mol. The molecule has 0 unspecified atom stereocenters. The Hall–Kier alpha value is -4.34. The van der Waals surface area contributed by atoms with Crippen LogP contribution in [0.15, 0.2) is 95.2 Å². The van der Waals surface area contributed by atoms with Gasteiger partial charge in [-0.15, -0.1) is 10.2 Å². The summed E-state index contributed by atoms with van der Waals surface area (Å²) in [7, 11) is 0. The van der Waals surface area contributed by atoms with Crippen molar-refractivity contribution in [2.24, 2.45) is 5.10 Å². The van der Waals surface area contributed by atoms with Crippen LogP contribution in [0.4, 0.5) is 5.69 Å². The lowest BCUT2D eigenvalue weighted by atomic mass is 10.0. The van der Waals surface area contributed by atoms with E-state index in [0.29, 0.717) is 28.1 Å². The lowest BCUT2D eigenvalue weighted by Crippen LogP contribution is -2.27. The number of benzene rings is 4. The molecule has 4 aromatic carbocycles. The van der Waals surface area contributed by atoms with Crippen LogP contribution in [0.5, 0.6) is 5.75 Å². The van der Waals surface area contributed by atoms with Crippen molar-refractivity contribution in [3.63, 3.8) is 0 Å². The van der Waals surface area contributed by atoms with Crippen LogP contribution in [0.1, 0.15) is 23.9 Å². The third-order valence-electron chi connectivity index (χ3n) is 6.31. The highest BCUT2D eigenvalue weighted by molar-refractivity contribution is 8.00. The van der Waals surface area contributed by atoms with Gasteiger partial charge >= 0.3 is 0 Å². The van der Waals surface area contributed by atoms with Crippen molar-refractivity contribution in [2.45, 2.75) is 30.8 Å². The third kappa shape index (κ3) is 6.11. The first-order chi connectivity index (χ1) is 19.4. The number of hydrogen-bond donors (Lipinski definition) is 3. The number of para-hydroxylation sites is 1. The number of halogens is 1. The van der Waals surface area contributed by atoms with Crippen LogP contribution in [0, 0.1) is 6.92 Å². The molecule has 0 saturated heterocycles. The number of hydrogen-bond acceptors (Lipinski definition) is 7. The number of fused-ring (bicyclic) bond motifs is 1. The first kappa shape index (κ1) is 27.2. The number of phenols is 1. The number of aromatic nitrogens is 3. The lowest BCUT2D eigenvalue weighted by molar-refractivity contribution is -0.120. The summed E-state index contributed by atoms with van der Waals surface area (Å²) in [5, 5.41) is 29.2. The van der Waals surface area contributed by atoms with Crippen molar-refractivity contribution in [3.05, 3.63) is 107 Å². The van der Waals surface area contributed by atoms with Crippen LogP contribution in [0.25, 0.3) is 16.5 Å². The van der Waals surface area contributed by atoms with Gasteiger partial charge in [0.25, 0.3) is 5.91 Å². The Labute approximate surface area is 241 Å². The van der Waals surface area contributed by atoms with Crippen LogP contribution in [0.2, 0.25) is 5.02 Å². The zero-order valence-electron chi connectivity index (χ0n) is 21.9. The molecule has 0 aliphatic carbocycles. The minimum atomic E-state index is -0.524. The Morgan fingerprint density at radius 1 is 1.07 bits per heavy atom. The minimum absolute atomic E-state index is 0.0880. The summed E-state index contributed by atoms with van der Waals surface area (Å²) in [5.41, 5.74) is 5.98. The lowest BCUT2D eigenvalue weighted by Gasteiger charge is -2.14. The first-order valence-corrected chi connectivity index (χ1v) is 13.9. The van der Waals surface area contributed by atoms with Gasteiger partial charge in [0.15, 0.2) is 11.0 Å². The molecule has 202 valence electrons. The normalized spacial score (nSPS) is 12.1. The van der Waals surface area contributed by atoms with Gasteiger partial charge in [-0.25, -0.2) is 5.43 Å². The van der Waals surface area contributed by atoms with Gasteiger partial charge in [-0.2, -0.15) is 5.10 Å². The van der Waals surface area contributed by atoms with Crippen LogP contribution >= 0.6 is 23.4 Å². The molecule has 0 bridgehead atoms. The summed E-state index contributed by atoms with van der Waals surface area (Å²) < 4.78 is 1.93. The molecule has 1 amide bonds. The van der Waals surface area contributed by atoms with Gasteiger partial charge in [0.1, 0.15) is 5.75 Å². The summed E-state index contributed by atoms with van der Waals surface area (Å²) in [4.78, 5) is 12.9. The number of hydrazone groups is 1. The van der Waals surface area contributed by atoms with E-state index in [2.05, 4.69) is 26.0 Å². The van der Waals surface area contributed by atoms with E-state index >= 15 is 0 Å². The molecule has 0 fully saturated rings. The number of anilines is 1. The van der Waals surface area contributed by atoms with Crippen LogP contribution in [-0.2, 0) is 11.3 Å². The van der Waals surface area contributed by atoms with Crippen molar-refractivity contribution >= 4 is 51.9 Å². The molecule has 3 N–H and O–H groups in total. The predicted molar refractivity (Wildman–Crippen MR) is 162 cm³/mol.